The molecule has 0 aliphatic carbocycles. The summed E-state index contributed by atoms with van der Waals surface area (Å²) in [5.41, 5.74) is 0.818. The number of ketones is 1. The van der Waals surface area contributed by atoms with Crippen molar-refractivity contribution < 1.29 is 19.1 Å². The van der Waals surface area contributed by atoms with E-state index in [1.165, 1.54) is 17.8 Å². The molecule has 24 heavy (non-hydrogen) atoms. The number of esters is 1. The molecule has 0 aliphatic rings. The van der Waals surface area contributed by atoms with E-state index in [9.17, 15) is 14.4 Å². The summed E-state index contributed by atoms with van der Waals surface area (Å²) < 4.78 is 6.35. The van der Waals surface area contributed by atoms with E-state index in [0.717, 1.165) is 11.3 Å². The molecule has 0 saturated carbocycles. The van der Waals surface area contributed by atoms with Crippen molar-refractivity contribution in [3.05, 3.63) is 32.9 Å². The second-order valence-corrected chi connectivity index (χ2v) is 6.38. The average Bonchev–Trinajstić information content (AvgIpc) is 2.99. The first kappa shape index (κ1) is 18.2. The molecule has 0 saturated heterocycles. The minimum Gasteiger partial charge on any atom is -0.462 e. The Labute approximate surface area is 147 Å². The molecule has 0 atom stereocenters. The number of anilines is 1. The molecular formula is C15H16ClN3O4S. The lowest BCUT2D eigenvalue weighted by atomic mass is 10.1. The number of Topliss-reactive ketones (excluding diaryl/α,β-unsaturated/α-hetero) is 1. The summed E-state index contributed by atoms with van der Waals surface area (Å²) in [6.07, 6.45) is 1.35. The molecule has 9 heteroatoms. The Morgan fingerprint density at radius 3 is 2.58 bits per heavy atom. The highest BCUT2D eigenvalue weighted by atomic mass is 35.5. The Morgan fingerprint density at radius 2 is 2.08 bits per heavy atom. The first-order chi connectivity index (χ1) is 11.3. The number of amides is 1. The van der Waals surface area contributed by atoms with Gasteiger partial charge >= 0.3 is 5.97 Å². The smallest absolute Gasteiger partial charge is 0.341 e. The van der Waals surface area contributed by atoms with Gasteiger partial charge in [-0.2, -0.15) is 5.10 Å². The van der Waals surface area contributed by atoms with Crippen molar-refractivity contribution in [1.82, 2.24) is 9.78 Å². The van der Waals surface area contributed by atoms with E-state index in [4.69, 9.17) is 16.3 Å². The number of nitrogens with zero attached hydrogens (tertiary/aromatic N) is 2. The molecular weight excluding hydrogens is 354 g/mol. The van der Waals surface area contributed by atoms with Crippen molar-refractivity contribution in [3.8, 4) is 0 Å². The normalized spacial score (nSPS) is 10.5. The van der Waals surface area contributed by atoms with E-state index in [2.05, 4.69) is 10.4 Å². The molecule has 0 spiro atoms. The van der Waals surface area contributed by atoms with Crippen LogP contribution in [0.1, 0.15) is 49.9 Å². The lowest BCUT2D eigenvalue weighted by Crippen LogP contribution is -2.18. The summed E-state index contributed by atoms with van der Waals surface area (Å²) in [5.74, 6) is -1.31. The van der Waals surface area contributed by atoms with Crippen LogP contribution in [0.4, 0.5) is 5.00 Å². The maximum Gasteiger partial charge on any atom is 0.341 e. The van der Waals surface area contributed by atoms with E-state index >= 15 is 0 Å². The molecule has 0 aliphatic heterocycles. The fourth-order valence-electron chi connectivity index (χ4n) is 2.21. The van der Waals surface area contributed by atoms with Gasteiger partial charge in [0.25, 0.3) is 5.91 Å². The van der Waals surface area contributed by atoms with E-state index in [0.29, 0.717) is 10.4 Å². The van der Waals surface area contributed by atoms with Crippen LogP contribution in [0.3, 0.4) is 0 Å². The summed E-state index contributed by atoms with van der Waals surface area (Å²) in [5, 5.41) is 6.97. The number of hydrogen-bond donors (Lipinski definition) is 1. The highest BCUT2D eigenvalue weighted by Crippen LogP contribution is 2.34. The minimum absolute atomic E-state index is 0.155. The summed E-state index contributed by atoms with van der Waals surface area (Å²) in [4.78, 5) is 36.8. The molecule has 2 heterocycles. The first-order valence-corrected chi connectivity index (χ1v) is 8.27. The van der Waals surface area contributed by atoms with Crippen molar-refractivity contribution in [1.29, 1.82) is 0 Å². The zero-order chi connectivity index (χ0) is 18.0. The first-order valence-electron chi connectivity index (χ1n) is 7.08. The maximum atomic E-state index is 12.5. The molecule has 0 aromatic carbocycles. The topological polar surface area (TPSA) is 90.3 Å². The molecule has 0 bridgehead atoms. The standard InChI is InChI=1S/C15H16ClN3O4S/c1-5-23-15(22)10-7(2)12(8(3)20)24-14(10)18-13(21)11-9(16)6-17-19(11)4/h6H,5H2,1-4H3,(H,18,21). The van der Waals surface area contributed by atoms with Crippen molar-refractivity contribution in [2.75, 3.05) is 11.9 Å². The van der Waals surface area contributed by atoms with Crippen LogP contribution < -0.4 is 5.32 Å². The minimum atomic E-state index is -0.592. The Kier molecular flexibility index (Phi) is 5.40. The van der Waals surface area contributed by atoms with Crippen LogP contribution in [0.2, 0.25) is 5.02 Å². The SMILES string of the molecule is CCOC(=O)c1c(NC(=O)c2c(Cl)cnn2C)sc(C(C)=O)c1C. The zero-order valence-corrected chi connectivity index (χ0v) is 15.2. The average molecular weight is 370 g/mol. The molecule has 2 aromatic rings. The third-order valence-corrected chi connectivity index (χ3v) is 4.87. The van der Waals surface area contributed by atoms with Gasteiger partial charge in [0.05, 0.1) is 28.3 Å². The van der Waals surface area contributed by atoms with Crippen molar-refractivity contribution in [2.24, 2.45) is 7.05 Å². The van der Waals surface area contributed by atoms with Crippen LogP contribution in [-0.2, 0) is 11.8 Å². The molecule has 1 N–H and O–H groups in total. The predicted octanol–water partition coefficient (Wildman–Crippen LogP) is 3.08. The highest BCUT2D eigenvalue weighted by Gasteiger charge is 2.26. The maximum absolute atomic E-state index is 12.5. The molecule has 7 nitrogen and oxygen atoms in total. The van der Waals surface area contributed by atoms with Gasteiger partial charge in [0.2, 0.25) is 0 Å². The predicted molar refractivity (Wildman–Crippen MR) is 91.2 cm³/mol. The Bertz CT molecular complexity index is 806. The van der Waals surface area contributed by atoms with Gasteiger partial charge < -0.3 is 10.1 Å². The van der Waals surface area contributed by atoms with E-state index in [-0.39, 0.29) is 33.7 Å². The van der Waals surface area contributed by atoms with Gasteiger partial charge in [-0.25, -0.2) is 4.79 Å². The largest absolute Gasteiger partial charge is 0.462 e. The number of aromatic nitrogens is 2. The number of halogens is 1. The number of rotatable bonds is 5. The second-order valence-electron chi connectivity index (χ2n) is 4.96. The van der Waals surface area contributed by atoms with Crippen LogP contribution in [0.15, 0.2) is 6.20 Å². The molecule has 128 valence electrons. The number of aryl methyl sites for hydroxylation is 1. The summed E-state index contributed by atoms with van der Waals surface area (Å²) in [6.45, 7) is 4.91. The zero-order valence-electron chi connectivity index (χ0n) is 13.6. The highest BCUT2D eigenvalue weighted by molar-refractivity contribution is 7.18. The molecule has 0 fully saturated rings. The van der Waals surface area contributed by atoms with Gasteiger partial charge in [-0.1, -0.05) is 11.6 Å². The van der Waals surface area contributed by atoms with Gasteiger partial charge in [0.1, 0.15) is 10.7 Å². The van der Waals surface area contributed by atoms with Crippen LogP contribution >= 0.6 is 22.9 Å². The number of thiophene rings is 1. The quantitative estimate of drug-likeness (QED) is 0.646. The number of ether oxygens (including phenoxy) is 1. The fourth-order valence-corrected chi connectivity index (χ4v) is 3.55. The Balaban J connectivity index is 2.46. The lowest BCUT2D eigenvalue weighted by Gasteiger charge is -2.07. The third-order valence-electron chi connectivity index (χ3n) is 3.28. The fraction of sp³-hybridized carbons (Fsp3) is 0.333. The molecule has 0 unspecified atom stereocenters. The summed E-state index contributed by atoms with van der Waals surface area (Å²) in [6, 6.07) is 0. The van der Waals surface area contributed by atoms with E-state index in [1.54, 1.807) is 20.9 Å². The Morgan fingerprint density at radius 1 is 1.42 bits per heavy atom. The third kappa shape index (κ3) is 3.34. The van der Waals surface area contributed by atoms with Crippen LogP contribution in [0.25, 0.3) is 0 Å². The molecule has 2 aromatic heterocycles. The van der Waals surface area contributed by atoms with Gasteiger partial charge in [-0.15, -0.1) is 11.3 Å². The van der Waals surface area contributed by atoms with Gasteiger partial charge in [-0.3, -0.25) is 14.3 Å². The Hall–Kier alpha value is -2.19. The second kappa shape index (κ2) is 7.14. The van der Waals surface area contributed by atoms with E-state index < -0.39 is 11.9 Å². The summed E-state index contributed by atoms with van der Waals surface area (Å²) >= 11 is 6.99. The number of carbonyl (C=O) groups is 3. The van der Waals surface area contributed by atoms with Crippen molar-refractivity contribution in [2.45, 2.75) is 20.8 Å². The van der Waals surface area contributed by atoms with Crippen LogP contribution in [0.5, 0.6) is 0 Å². The monoisotopic (exact) mass is 369 g/mol. The lowest BCUT2D eigenvalue weighted by molar-refractivity contribution is 0.0527. The molecule has 0 radical (unpaired) electrons. The number of carbonyl (C=O) groups excluding carboxylic acids is 3. The van der Waals surface area contributed by atoms with Crippen molar-refractivity contribution >= 4 is 45.6 Å². The van der Waals surface area contributed by atoms with E-state index in [1.807, 2.05) is 0 Å². The molecule has 1 amide bonds. The van der Waals surface area contributed by atoms with Crippen molar-refractivity contribution in [3.63, 3.8) is 0 Å². The van der Waals surface area contributed by atoms with Gasteiger partial charge in [0, 0.05) is 7.05 Å². The summed E-state index contributed by atoms with van der Waals surface area (Å²) in [7, 11) is 1.58. The van der Waals surface area contributed by atoms with Crippen LogP contribution in [0, 0.1) is 6.92 Å². The number of nitrogens with one attached hydrogen (secondary N) is 1. The van der Waals surface area contributed by atoms with Crippen LogP contribution in [-0.4, -0.2) is 34.0 Å². The number of hydrogen-bond acceptors (Lipinski definition) is 6. The van der Waals surface area contributed by atoms with Gasteiger partial charge in [0.15, 0.2) is 5.78 Å². The van der Waals surface area contributed by atoms with Gasteiger partial charge in [-0.05, 0) is 26.3 Å². The molecule has 2 rings (SSSR count).